The van der Waals surface area contributed by atoms with Crippen LogP contribution in [0.5, 0.6) is 0 Å². The summed E-state index contributed by atoms with van der Waals surface area (Å²) in [4.78, 5) is 32.4. The average Bonchev–Trinajstić information content (AvgIpc) is 3.21. The van der Waals surface area contributed by atoms with Gasteiger partial charge in [0.2, 0.25) is 0 Å². The van der Waals surface area contributed by atoms with Crippen molar-refractivity contribution in [1.82, 2.24) is 4.90 Å². The predicted molar refractivity (Wildman–Crippen MR) is 122 cm³/mol. The number of anilines is 3. The van der Waals surface area contributed by atoms with E-state index in [-0.39, 0.29) is 40.9 Å². The second-order valence-electron chi connectivity index (χ2n) is 6.67. The van der Waals surface area contributed by atoms with Gasteiger partial charge in [-0.05, 0) is 0 Å². The van der Waals surface area contributed by atoms with Crippen LogP contribution in [0.2, 0.25) is 0 Å². The van der Waals surface area contributed by atoms with Gasteiger partial charge < -0.3 is 0 Å². The molecule has 0 atom stereocenters. The number of hydrogen-bond donors (Lipinski definition) is 0. The molecular weight excluding hydrogens is 575 g/mol. The van der Waals surface area contributed by atoms with Crippen LogP contribution in [0.15, 0.2) is 71.2 Å². The van der Waals surface area contributed by atoms with E-state index in [4.69, 9.17) is 0 Å². The SMILES string of the molecule is CN1C(=O)/C(=C/c2ccc(N3c4ccccc4[Se]c4ccccc43)[se]2)C(=O)N=C1[Se]. The first-order valence-corrected chi connectivity index (χ1v) is 13.4. The zero-order valence-electron chi connectivity index (χ0n) is 15.7. The Labute approximate surface area is 194 Å². The Kier molecular flexibility index (Phi) is 5.16. The van der Waals surface area contributed by atoms with Crippen LogP contribution in [-0.2, 0) is 9.59 Å². The topological polar surface area (TPSA) is 53.0 Å². The fourth-order valence-corrected chi connectivity index (χ4v) is 7.95. The van der Waals surface area contributed by atoms with Crippen LogP contribution >= 0.6 is 0 Å². The minimum absolute atomic E-state index is 0.0426. The molecule has 0 saturated heterocycles. The van der Waals surface area contributed by atoms with Crippen molar-refractivity contribution in [3.05, 3.63) is 70.7 Å². The van der Waals surface area contributed by atoms with Crippen molar-refractivity contribution in [1.29, 1.82) is 0 Å². The van der Waals surface area contributed by atoms with Crippen LogP contribution in [0.4, 0.5) is 15.9 Å². The van der Waals surface area contributed by atoms with Gasteiger partial charge in [-0.15, -0.1) is 0 Å². The summed E-state index contributed by atoms with van der Waals surface area (Å²) in [5.74, 6) is -0.821. The summed E-state index contributed by atoms with van der Waals surface area (Å²) in [7, 11) is 1.61. The fraction of sp³-hybridized carbons (Fsp3) is 0.0455. The van der Waals surface area contributed by atoms with E-state index < -0.39 is 5.91 Å². The van der Waals surface area contributed by atoms with Crippen LogP contribution in [-0.4, -0.2) is 74.0 Å². The first-order chi connectivity index (χ1) is 14.5. The van der Waals surface area contributed by atoms with Gasteiger partial charge in [-0.3, -0.25) is 0 Å². The Hall–Kier alpha value is -2.17. The zero-order chi connectivity index (χ0) is 20.8. The normalized spacial score (nSPS) is 17.1. The number of fused-ring (bicyclic) bond motifs is 2. The first kappa shape index (κ1) is 19.8. The Morgan fingerprint density at radius 1 is 0.933 bits per heavy atom. The number of rotatable bonds is 2. The molecule has 0 bridgehead atoms. The van der Waals surface area contributed by atoms with Gasteiger partial charge in [0, 0.05) is 0 Å². The molecule has 1 radical (unpaired) electrons. The van der Waals surface area contributed by atoms with E-state index in [0.717, 1.165) is 4.44 Å². The van der Waals surface area contributed by atoms with Crippen LogP contribution in [0, 0.1) is 0 Å². The summed E-state index contributed by atoms with van der Waals surface area (Å²) in [6.07, 6.45) is 1.70. The molecule has 5 nitrogen and oxygen atoms in total. The number of para-hydroxylation sites is 2. The van der Waals surface area contributed by atoms with Crippen molar-refractivity contribution in [3.8, 4) is 0 Å². The second-order valence-corrected chi connectivity index (χ2v) is 12.0. The minimum atomic E-state index is -0.492. The maximum absolute atomic E-state index is 12.5. The molecule has 2 aliphatic rings. The Morgan fingerprint density at radius 2 is 1.57 bits per heavy atom. The van der Waals surface area contributed by atoms with Crippen LogP contribution in [0.3, 0.4) is 0 Å². The van der Waals surface area contributed by atoms with Crippen LogP contribution in [0.1, 0.15) is 4.44 Å². The van der Waals surface area contributed by atoms with E-state index in [9.17, 15) is 9.59 Å². The second kappa shape index (κ2) is 7.82. The first-order valence-electron chi connectivity index (χ1n) is 9.08. The number of hydrogen-bond acceptors (Lipinski definition) is 3. The molecule has 3 aromatic rings. The third-order valence-electron chi connectivity index (χ3n) is 4.80. The molecular formula is C22H14N3O2Se3. The molecule has 3 heterocycles. The van der Waals surface area contributed by atoms with Gasteiger partial charge in [0.1, 0.15) is 0 Å². The molecule has 1 aromatic heterocycles. The van der Waals surface area contributed by atoms with E-state index in [2.05, 4.69) is 80.5 Å². The number of benzene rings is 2. The number of nitrogens with zero attached hydrogens (tertiary/aromatic N) is 3. The standard InChI is InChI=1S/C22H14N3O2Se3/c1-24-21(27)14(20(26)23-22(24)28)12-13-10-11-19(29-13)25-15-6-2-4-8-17(15)30-18-9-5-3-7-16(18)25/h2-12H,1H3/b14-12+. The number of amidine groups is 1. The summed E-state index contributed by atoms with van der Waals surface area (Å²) in [6, 6.07) is 21.1. The fourth-order valence-electron chi connectivity index (χ4n) is 3.33. The predicted octanol–water partition coefficient (Wildman–Crippen LogP) is 1.09. The number of aliphatic imine (C=N–C) groups is 1. The molecule has 2 aromatic carbocycles. The molecule has 2 aliphatic heterocycles. The zero-order valence-corrected chi connectivity index (χ0v) is 20.9. The van der Waals surface area contributed by atoms with Gasteiger partial charge in [-0.1, -0.05) is 0 Å². The van der Waals surface area contributed by atoms with Gasteiger partial charge in [0.05, 0.1) is 0 Å². The van der Waals surface area contributed by atoms with Crippen molar-refractivity contribution < 1.29 is 9.59 Å². The summed E-state index contributed by atoms with van der Waals surface area (Å²) >= 11 is 2.88. The van der Waals surface area contributed by atoms with E-state index in [1.54, 1.807) is 13.1 Å². The molecule has 8 heteroatoms. The van der Waals surface area contributed by atoms with Crippen LogP contribution in [0.25, 0.3) is 6.08 Å². The molecule has 5 rings (SSSR count). The Morgan fingerprint density at radius 3 is 2.23 bits per heavy atom. The number of likely N-dealkylation sites (N-methyl/N-ethyl adjacent to an activating group) is 1. The van der Waals surface area contributed by atoms with E-state index in [1.807, 2.05) is 6.07 Å². The molecule has 2 amide bonds. The van der Waals surface area contributed by atoms with Crippen molar-refractivity contribution in [2.75, 3.05) is 11.9 Å². The van der Waals surface area contributed by atoms with Crippen LogP contribution < -0.4 is 13.8 Å². The molecule has 0 aliphatic carbocycles. The molecule has 0 unspecified atom stereocenters. The van der Waals surface area contributed by atoms with Crippen molar-refractivity contribution >= 4 is 93.0 Å². The quantitative estimate of drug-likeness (QED) is 0.200. The van der Waals surface area contributed by atoms with Crippen molar-refractivity contribution in [2.45, 2.75) is 0 Å². The van der Waals surface area contributed by atoms with Gasteiger partial charge in [0.15, 0.2) is 0 Å². The van der Waals surface area contributed by atoms with Gasteiger partial charge in [-0.25, -0.2) is 0 Å². The van der Waals surface area contributed by atoms with E-state index in [1.165, 1.54) is 29.8 Å². The van der Waals surface area contributed by atoms with E-state index in [0.29, 0.717) is 4.73 Å². The van der Waals surface area contributed by atoms with Gasteiger partial charge >= 0.3 is 195 Å². The summed E-state index contributed by atoms with van der Waals surface area (Å²) in [5.41, 5.74) is 2.54. The summed E-state index contributed by atoms with van der Waals surface area (Å²) < 4.78 is 5.17. The summed E-state index contributed by atoms with van der Waals surface area (Å²) in [6.45, 7) is 0. The number of carbonyl (C=O) groups excluding carboxylic acids is 2. The molecule has 0 spiro atoms. The average molecular weight is 589 g/mol. The van der Waals surface area contributed by atoms with Gasteiger partial charge in [-0.2, -0.15) is 0 Å². The van der Waals surface area contributed by atoms with E-state index >= 15 is 0 Å². The molecule has 0 saturated carbocycles. The monoisotopic (exact) mass is 592 g/mol. The van der Waals surface area contributed by atoms with Gasteiger partial charge in [0.25, 0.3) is 0 Å². The number of carbonyl (C=O) groups is 2. The maximum atomic E-state index is 12.5. The Bertz CT molecular complexity index is 1220. The van der Waals surface area contributed by atoms with Crippen molar-refractivity contribution in [2.24, 2.45) is 4.99 Å². The third-order valence-corrected chi connectivity index (χ3v) is 10.1. The molecule has 147 valence electrons. The Balaban J connectivity index is 1.57. The number of amides is 2. The molecule has 30 heavy (non-hydrogen) atoms. The molecule has 0 fully saturated rings. The summed E-state index contributed by atoms with van der Waals surface area (Å²) in [5, 5.41) is 0. The van der Waals surface area contributed by atoms with Crippen molar-refractivity contribution in [3.63, 3.8) is 0 Å². The third kappa shape index (κ3) is 3.36. The molecule has 0 N–H and O–H groups in total.